The molecule has 2 atom stereocenters. The first-order valence-electron chi connectivity index (χ1n) is 7.97. The number of nitriles is 1. The third kappa shape index (κ3) is 5.32. The largest absolute Gasteiger partial charge is 0.470 e. The molecule has 1 aromatic heterocycles. The number of nitrogens with one attached hydrogen (secondary N) is 1. The standard InChI is InChI=1S/C16H21N5O3S/c1-11(22)20-13(4-8-25-2)16(23)21-7-3-12(10-21)24-15-14(9-17)18-5-6-19-15/h5-6,12-13H,3-4,7-8,10H2,1-2H3,(H,20,22)/t12-,13+/m1/s1. The summed E-state index contributed by atoms with van der Waals surface area (Å²) in [6.07, 6.45) is 5.84. The van der Waals surface area contributed by atoms with Gasteiger partial charge in [0, 0.05) is 32.3 Å². The van der Waals surface area contributed by atoms with Crippen molar-refractivity contribution < 1.29 is 14.3 Å². The number of aromatic nitrogens is 2. The third-order valence-corrected chi connectivity index (χ3v) is 4.44. The van der Waals surface area contributed by atoms with Crippen molar-refractivity contribution in [2.75, 3.05) is 25.1 Å². The van der Waals surface area contributed by atoms with E-state index < -0.39 is 6.04 Å². The van der Waals surface area contributed by atoms with Gasteiger partial charge in [0.2, 0.25) is 17.5 Å². The second-order valence-electron chi connectivity index (χ2n) is 5.67. The molecule has 0 aromatic carbocycles. The van der Waals surface area contributed by atoms with Crippen molar-refractivity contribution in [3.05, 3.63) is 18.1 Å². The lowest BCUT2D eigenvalue weighted by Gasteiger charge is -2.24. The predicted molar refractivity (Wildman–Crippen MR) is 93.0 cm³/mol. The summed E-state index contributed by atoms with van der Waals surface area (Å²) in [5, 5.41) is 11.8. The van der Waals surface area contributed by atoms with Crippen molar-refractivity contribution in [2.24, 2.45) is 0 Å². The first kappa shape index (κ1) is 19.0. The van der Waals surface area contributed by atoms with Crippen LogP contribution in [0.5, 0.6) is 5.88 Å². The fraction of sp³-hybridized carbons (Fsp3) is 0.562. The molecule has 2 rings (SSSR count). The quantitative estimate of drug-likeness (QED) is 0.755. The van der Waals surface area contributed by atoms with Gasteiger partial charge in [0.25, 0.3) is 5.88 Å². The molecule has 25 heavy (non-hydrogen) atoms. The number of thioether (sulfide) groups is 1. The number of carbonyl (C=O) groups is 2. The van der Waals surface area contributed by atoms with E-state index >= 15 is 0 Å². The number of rotatable bonds is 7. The molecule has 9 heteroatoms. The Labute approximate surface area is 151 Å². The second kappa shape index (κ2) is 9.22. The number of carbonyl (C=O) groups excluding carboxylic acids is 2. The fourth-order valence-corrected chi connectivity index (χ4v) is 3.10. The molecule has 1 fully saturated rings. The van der Waals surface area contributed by atoms with E-state index in [-0.39, 0.29) is 29.5 Å². The summed E-state index contributed by atoms with van der Waals surface area (Å²) in [5.74, 6) is 0.653. The van der Waals surface area contributed by atoms with Gasteiger partial charge in [-0.05, 0) is 18.4 Å². The van der Waals surface area contributed by atoms with E-state index in [0.717, 1.165) is 5.75 Å². The van der Waals surface area contributed by atoms with Gasteiger partial charge in [-0.2, -0.15) is 17.0 Å². The average Bonchev–Trinajstić information content (AvgIpc) is 3.06. The highest BCUT2D eigenvalue weighted by Crippen LogP contribution is 2.19. The number of hydrogen-bond donors (Lipinski definition) is 1. The van der Waals surface area contributed by atoms with Crippen molar-refractivity contribution in [1.82, 2.24) is 20.2 Å². The number of ether oxygens (including phenoxy) is 1. The Morgan fingerprint density at radius 3 is 2.96 bits per heavy atom. The zero-order valence-electron chi connectivity index (χ0n) is 14.3. The normalized spacial score (nSPS) is 17.6. The van der Waals surface area contributed by atoms with Gasteiger partial charge in [0.1, 0.15) is 18.2 Å². The van der Waals surface area contributed by atoms with Crippen LogP contribution in [-0.4, -0.2) is 63.9 Å². The molecule has 1 N–H and O–H groups in total. The monoisotopic (exact) mass is 363 g/mol. The molecule has 0 aliphatic carbocycles. The Balaban J connectivity index is 1.97. The summed E-state index contributed by atoms with van der Waals surface area (Å²) in [5.41, 5.74) is 0.128. The molecule has 1 saturated heterocycles. The van der Waals surface area contributed by atoms with Crippen molar-refractivity contribution >= 4 is 23.6 Å². The Morgan fingerprint density at radius 1 is 1.52 bits per heavy atom. The van der Waals surface area contributed by atoms with Gasteiger partial charge in [-0.25, -0.2) is 9.97 Å². The third-order valence-electron chi connectivity index (χ3n) is 3.79. The molecule has 0 unspecified atom stereocenters. The maximum Gasteiger partial charge on any atom is 0.251 e. The molecular formula is C16H21N5O3S. The Hall–Kier alpha value is -2.34. The lowest BCUT2D eigenvalue weighted by atomic mass is 10.2. The molecule has 0 saturated carbocycles. The molecular weight excluding hydrogens is 342 g/mol. The maximum atomic E-state index is 12.7. The van der Waals surface area contributed by atoms with Gasteiger partial charge in [0.05, 0.1) is 6.54 Å². The first-order chi connectivity index (χ1) is 12.0. The average molecular weight is 363 g/mol. The van der Waals surface area contributed by atoms with Crippen molar-refractivity contribution in [3.63, 3.8) is 0 Å². The highest BCUT2D eigenvalue weighted by Gasteiger charge is 2.32. The summed E-state index contributed by atoms with van der Waals surface area (Å²) >= 11 is 1.63. The van der Waals surface area contributed by atoms with Crippen LogP contribution in [0.1, 0.15) is 25.5 Å². The Morgan fingerprint density at radius 2 is 2.28 bits per heavy atom. The molecule has 8 nitrogen and oxygen atoms in total. The Kier molecular flexibility index (Phi) is 7.01. The van der Waals surface area contributed by atoms with Crippen molar-refractivity contribution in [3.8, 4) is 11.9 Å². The van der Waals surface area contributed by atoms with Crippen molar-refractivity contribution in [2.45, 2.75) is 31.9 Å². The zero-order chi connectivity index (χ0) is 18.2. The number of hydrogen-bond acceptors (Lipinski definition) is 7. The highest BCUT2D eigenvalue weighted by molar-refractivity contribution is 7.98. The summed E-state index contributed by atoms with van der Waals surface area (Å²) in [7, 11) is 0. The minimum Gasteiger partial charge on any atom is -0.470 e. The zero-order valence-corrected chi connectivity index (χ0v) is 15.1. The van der Waals surface area contributed by atoms with Crippen LogP contribution in [0.2, 0.25) is 0 Å². The van der Waals surface area contributed by atoms with Gasteiger partial charge in [-0.1, -0.05) is 0 Å². The van der Waals surface area contributed by atoms with Crippen LogP contribution in [0.3, 0.4) is 0 Å². The molecule has 0 radical (unpaired) electrons. The van der Waals surface area contributed by atoms with E-state index in [1.165, 1.54) is 19.3 Å². The molecule has 2 amide bonds. The van der Waals surface area contributed by atoms with E-state index in [4.69, 9.17) is 10.00 Å². The fourth-order valence-electron chi connectivity index (χ4n) is 2.63. The van der Waals surface area contributed by atoms with Gasteiger partial charge in [0.15, 0.2) is 0 Å². The highest BCUT2D eigenvalue weighted by atomic mass is 32.2. The molecule has 2 heterocycles. The van der Waals surface area contributed by atoms with E-state index in [9.17, 15) is 9.59 Å². The van der Waals surface area contributed by atoms with Crippen LogP contribution < -0.4 is 10.1 Å². The second-order valence-corrected chi connectivity index (χ2v) is 6.65. The van der Waals surface area contributed by atoms with Crippen LogP contribution >= 0.6 is 11.8 Å². The minimum atomic E-state index is -0.519. The topological polar surface area (TPSA) is 108 Å². The van der Waals surface area contributed by atoms with Crippen LogP contribution in [0, 0.1) is 11.3 Å². The Bertz CT molecular complexity index is 663. The van der Waals surface area contributed by atoms with Crippen molar-refractivity contribution in [1.29, 1.82) is 5.26 Å². The number of nitrogens with zero attached hydrogens (tertiary/aromatic N) is 4. The van der Waals surface area contributed by atoms with Crippen LogP contribution in [0.15, 0.2) is 12.4 Å². The molecule has 0 spiro atoms. The molecule has 0 bridgehead atoms. The van der Waals surface area contributed by atoms with Crippen LogP contribution in [0.25, 0.3) is 0 Å². The van der Waals surface area contributed by atoms with E-state index in [0.29, 0.717) is 25.9 Å². The van der Waals surface area contributed by atoms with Gasteiger partial charge >= 0.3 is 0 Å². The van der Waals surface area contributed by atoms with Gasteiger partial charge in [-0.15, -0.1) is 0 Å². The smallest absolute Gasteiger partial charge is 0.251 e. The molecule has 1 aliphatic heterocycles. The number of amides is 2. The van der Waals surface area contributed by atoms with E-state index in [1.807, 2.05) is 12.3 Å². The molecule has 134 valence electrons. The first-order valence-corrected chi connectivity index (χ1v) is 9.37. The molecule has 1 aliphatic rings. The lowest BCUT2D eigenvalue weighted by Crippen LogP contribution is -2.48. The van der Waals surface area contributed by atoms with E-state index in [1.54, 1.807) is 16.7 Å². The van der Waals surface area contributed by atoms with Crippen LogP contribution in [-0.2, 0) is 9.59 Å². The SMILES string of the molecule is CSCC[C@H](NC(C)=O)C(=O)N1CC[C@@H](Oc2nccnc2C#N)C1. The summed E-state index contributed by atoms with van der Waals surface area (Å²) < 4.78 is 5.74. The maximum absolute atomic E-state index is 12.7. The minimum absolute atomic E-state index is 0.102. The number of likely N-dealkylation sites (tertiary alicyclic amines) is 1. The summed E-state index contributed by atoms with van der Waals surface area (Å²) in [6, 6.07) is 1.42. The lowest BCUT2D eigenvalue weighted by molar-refractivity contribution is -0.135. The van der Waals surface area contributed by atoms with Gasteiger partial charge in [-0.3, -0.25) is 9.59 Å². The predicted octanol–water partition coefficient (Wildman–Crippen LogP) is 0.586. The summed E-state index contributed by atoms with van der Waals surface area (Å²) in [6.45, 7) is 2.35. The van der Waals surface area contributed by atoms with Crippen LogP contribution in [0.4, 0.5) is 0 Å². The molecule has 1 aromatic rings. The van der Waals surface area contributed by atoms with E-state index in [2.05, 4.69) is 15.3 Å². The van der Waals surface area contributed by atoms with Gasteiger partial charge < -0.3 is 15.0 Å². The summed E-state index contributed by atoms with van der Waals surface area (Å²) in [4.78, 5) is 33.7.